The van der Waals surface area contributed by atoms with Gasteiger partial charge in [-0.15, -0.1) is 0 Å². The van der Waals surface area contributed by atoms with Gasteiger partial charge in [-0.1, -0.05) is 44.4 Å². The van der Waals surface area contributed by atoms with E-state index >= 15 is 0 Å². The molecule has 19 heavy (non-hydrogen) atoms. The molecule has 0 aliphatic carbocycles. The van der Waals surface area contributed by atoms with Crippen LogP contribution >= 0.6 is 0 Å². The lowest BCUT2D eigenvalue weighted by atomic mass is 10.2. The van der Waals surface area contributed by atoms with Gasteiger partial charge in [-0.3, -0.25) is 4.79 Å². The Bertz CT molecular complexity index is 377. The van der Waals surface area contributed by atoms with E-state index in [0.29, 0.717) is 19.6 Å². The summed E-state index contributed by atoms with van der Waals surface area (Å²) in [4.78, 5) is 11.5. The molecule has 0 aliphatic rings. The van der Waals surface area contributed by atoms with Crippen LogP contribution in [0.15, 0.2) is 24.3 Å². The Morgan fingerprint density at radius 2 is 2.00 bits per heavy atom. The zero-order valence-electron chi connectivity index (χ0n) is 12.1. The number of ether oxygens (including phenoxy) is 1. The predicted octanol–water partition coefficient (Wildman–Crippen LogP) is 3.92. The average molecular weight is 263 g/mol. The summed E-state index contributed by atoms with van der Waals surface area (Å²) in [6.07, 6.45) is 4.96. The van der Waals surface area contributed by atoms with Gasteiger partial charge >= 0.3 is 5.97 Å². The normalized spacial score (nSPS) is 10.2. The Balaban J connectivity index is 2.09. The van der Waals surface area contributed by atoms with Crippen molar-refractivity contribution in [3.63, 3.8) is 0 Å². The molecule has 0 radical (unpaired) electrons. The van der Waals surface area contributed by atoms with E-state index in [9.17, 15) is 4.79 Å². The minimum absolute atomic E-state index is 0.113. The van der Waals surface area contributed by atoms with E-state index in [0.717, 1.165) is 18.5 Å². The number of rotatable bonds is 9. The molecule has 0 bridgehead atoms. The molecule has 106 valence electrons. The van der Waals surface area contributed by atoms with Crippen molar-refractivity contribution in [2.45, 2.75) is 46.0 Å². The Hall–Kier alpha value is -1.51. The number of unbranched alkanes of at least 4 members (excludes halogenated alkanes) is 3. The van der Waals surface area contributed by atoms with Crippen molar-refractivity contribution in [2.24, 2.45) is 0 Å². The highest BCUT2D eigenvalue weighted by Gasteiger charge is 2.03. The topological polar surface area (TPSA) is 38.3 Å². The molecule has 1 N–H and O–H groups in total. The Morgan fingerprint density at radius 3 is 2.74 bits per heavy atom. The summed E-state index contributed by atoms with van der Waals surface area (Å²) in [5, 5.41) is 3.25. The third-order valence-corrected chi connectivity index (χ3v) is 3.05. The first-order chi connectivity index (χ1) is 9.24. The van der Waals surface area contributed by atoms with E-state index < -0.39 is 0 Å². The summed E-state index contributed by atoms with van der Waals surface area (Å²) < 4.78 is 5.18. The van der Waals surface area contributed by atoms with Crippen molar-refractivity contribution in [2.75, 3.05) is 18.5 Å². The quantitative estimate of drug-likeness (QED) is 0.542. The van der Waals surface area contributed by atoms with Crippen molar-refractivity contribution in [1.82, 2.24) is 0 Å². The summed E-state index contributed by atoms with van der Waals surface area (Å²) in [6.45, 7) is 5.40. The highest BCUT2D eigenvalue weighted by atomic mass is 16.5. The van der Waals surface area contributed by atoms with Gasteiger partial charge in [-0.25, -0.2) is 0 Å². The summed E-state index contributed by atoms with van der Waals surface area (Å²) >= 11 is 0. The van der Waals surface area contributed by atoms with Gasteiger partial charge in [0.05, 0.1) is 13.0 Å². The molecule has 3 nitrogen and oxygen atoms in total. The first-order valence-electron chi connectivity index (χ1n) is 7.19. The van der Waals surface area contributed by atoms with E-state index in [2.05, 4.69) is 12.2 Å². The van der Waals surface area contributed by atoms with Gasteiger partial charge in [0.1, 0.15) is 0 Å². The molecule has 0 spiro atoms. The molecule has 3 heteroatoms. The van der Waals surface area contributed by atoms with Crippen molar-refractivity contribution < 1.29 is 9.53 Å². The Kier molecular flexibility index (Phi) is 7.71. The number of nitrogens with one attached hydrogen (secondary N) is 1. The minimum atomic E-state index is -0.113. The predicted molar refractivity (Wildman–Crippen MR) is 79.4 cm³/mol. The highest BCUT2D eigenvalue weighted by Crippen LogP contribution is 2.12. The van der Waals surface area contributed by atoms with E-state index in [1.807, 2.05) is 31.2 Å². The number of aryl methyl sites for hydroxylation is 1. The maximum Gasteiger partial charge on any atom is 0.307 e. The number of carbonyl (C=O) groups is 1. The zero-order chi connectivity index (χ0) is 13.9. The summed E-state index contributed by atoms with van der Waals surface area (Å²) in [5.41, 5.74) is 2.27. The third-order valence-electron chi connectivity index (χ3n) is 3.05. The number of anilines is 1. The van der Waals surface area contributed by atoms with Crippen LogP contribution in [0.2, 0.25) is 0 Å². The summed E-state index contributed by atoms with van der Waals surface area (Å²) in [6, 6.07) is 8.06. The van der Waals surface area contributed by atoms with Crippen LogP contribution < -0.4 is 5.32 Å². The van der Waals surface area contributed by atoms with Gasteiger partial charge in [0.25, 0.3) is 0 Å². The maximum atomic E-state index is 11.5. The van der Waals surface area contributed by atoms with Crippen LogP contribution in [0.3, 0.4) is 0 Å². The number of hydrogen-bond acceptors (Lipinski definition) is 3. The number of para-hydroxylation sites is 1. The van der Waals surface area contributed by atoms with Crippen LogP contribution in [0.25, 0.3) is 0 Å². The highest BCUT2D eigenvalue weighted by molar-refractivity contribution is 5.70. The summed E-state index contributed by atoms with van der Waals surface area (Å²) in [7, 11) is 0. The second kappa shape index (κ2) is 9.42. The minimum Gasteiger partial charge on any atom is -0.466 e. The molecule has 1 rings (SSSR count). The van der Waals surface area contributed by atoms with E-state index in [-0.39, 0.29) is 5.97 Å². The largest absolute Gasteiger partial charge is 0.466 e. The molecule has 0 heterocycles. The second-order valence-electron chi connectivity index (χ2n) is 4.77. The van der Waals surface area contributed by atoms with Crippen LogP contribution in [-0.2, 0) is 9.53 Å². The lowest BCUT2D eigenvalue weighted by molar-refractivity contribution is -0.143. The molecular weight excluding hydrogens is 238 g/mol. The standard InChI is InChI=1S/C16H25NO2/c1-3-4-5-8-13-19-16(18)11-12-17-15-10-7-6-9-14(15)2/h6-7,9-10,17H,3-5,8,11-13H2,1-2H3. The molecule has 0 amide bonds. The van der Waals surface area contributed by atoms with E-state index in [1.165, 1.54) is 18.4 Å². The molecule has 0 fully saturated rings. The fraction of sp³-hybridized carbons (Fsp3) is 0.562. The first-order valence-corrected chi connectivity index (χ1v) is 7.19. The third kappa shape index (κ3) is 6.85. The van der Waals surface area contributed by atoms with Crippen molar-refractivity contribution in [3.8, 4) is 0 Å². The van der Waals surface area contributed by atoms with Crippen molar-refractivity contribution in [1.29, 1.82) is 0 Å². The van der Waals surface area contributed by atoms with Gasteiger partial charge in [-0.2, -0.15) is 0 Å². The Labute approximate surface area is 116 Å². The molecule has 0 aromatic heterocycles. The number of hydrogen-bond donors (Lipinski definition) is 1. The SMILES string of the molecule is CCCCCCOC(=O)CCNc1ccccc1C. The maximum absolute atomic E-state index is 11.5. The summed E-state index contributed by atoms with van der Waals surface area (Å²) in [5.74, 6) is -0.113. The van der Waals surface area contributed by atoms with E-state index in [4.69, 9.17) is 4.74 Å². The van der Waals surface area contributed by atoms with Gasteiger partial charge in [0.15, 0.2) is 0 Å². The molecule has 0 saturated heterocycles. The second-order valence-corrected chi connectivity index (χ2v) is 4.77. The van der Waals surface area contributed by atoms with Gasteiger partial charge < -0.3 is 10.1 Å². The first kappa shape index (κ1) is 15.5. The molecule has 0 atom stereocenters. The smallest absolute Gasteiger partial charge is 0.307 e. The van der Waals surface area contributed by atoms with Crippen LogP contribution in [-0.4, -0.2) is 19.1 Å². The van der Waals surface area contributed by atoms with Crippen LogP contribution in [0.5, 0.6) is 0 Å². The van der Waals surface area contributed by atoms with Crippen molar-refractivity contribution in [3.05, 3.63) is 29.8 Å². The number of esters is 1. The van der Waals surface area contributed by atoms with Crippen molar-refractivity contribution >= 4 is 11.7 Å². The molecule has 0 saturated carbocycles. The molecular formula is C16H25NO2. The zero-order valence-corrected chi connectivity index (χ0v) is 12.1. The molecule has 0 unspecified atom stereocenters. The van der Waals surface area contributed by atoms with Crippen LogP contribution in [0.1, 0.15) is 44.6 Å². The van der Waals surface area contributed by atoms with E-state index in [1.54, 1.807) is 0 Å². The van der Waals surface area contributed by atoms with Gasteiger partial charge in [-0.05, 0) is 25.0 Å². The molecule has 1 aromatic rings. The Morgan fingerprint density at radius 1 is 1.21 bits per heavy atom. The molecule has 0 aliphatic heterocycles. The monoisotopic (exact) mass is 263 g/mol. The number of benzene rings is 1. The average Bonchev–Trinajstić information content (AvgIpc) is 2.41. The van der Waals surface area contributed by atoms with Crippen LogP contribution in [0, 0.1) is 6.92 Å². The number of carbonyl (C=O) groups excluding carboxylic acids is 1. The lowest BCUT2D eigenvalue weighted by Crippen LogP contribution is -2.12. The van der Waals surface area contributed by atoms with Crippen LogP contribution in [0.4, 0.5) is 5.69 Å². The molecule has 1 aromatic carbocycles. The fourth-order valence-corrected chi connectivity index (χ4v) is 1.86. The van der Waals surface area contributed by atoms with Gasteiger partial charge in [0.2, 0.25) is 0 Å². The van der Waals surface area contributed by atoms with Gasteiger partial charge in [0, 0.05) is 12.2 Å². The fourth-order valence-electron chi connectivity index (χ4n) is 1.86. The lowest BCUT2D eigenvalue weighted by Gasteiger charge is -2.09.